The fourth-order valence-corrected chi connectivity index (χ4v) is 1.53. The summed E-state index contributed by atoms with van der Waals surface area (Å²) in [5, 5.41) is 0. The van der Waals surface area contributed by atoms with Crippen molar-refractivity contribution in [3.05, 3.63) is 29.8 Å². The van der Waals surface area contributed by atoms with Gasteiger partial charge in [-0.15, -0.1) is 0 Å². The highest BCUT2D eigenvalue weighted by Gasteiger charge is 2.23. The summed E-state index contributed by atoms with van der Waals surface area (Å²) in [4.78, 5) is 0. The van der Waals surface area contributed by atoms with Crippen LogP contribution in [0, 0.1) is 5.92 Å². The van der Waals surface area contributed by atoms with E-state index in [1.807, 2.05) is 0 Å². The largest absolute Gasteiger partial charge is 0.493 e. The summed E-state index contributed by atoms with van der Waals surface area (Å²) in [6.07, 6.45) is 0. The van der Waals surface area contributed by atoms with Crippen LogP contribution in [0.3, 0.4) is 0 Å². The van der Waals surface area contributed by atoms with Crippen LogP contribution in [-0.2, 0) is 3.49 Å². The molecule has 1 rings (SSSR count). The van der Waals surface area contributed by atoms with E-state index in [4.69, 9.17) is 4.74 Å². The fraction of sp³-hybridized carbons (Fsp3) is 0.455. The van der Waals surface area contributed by atoms with Crippen molar-refractivity contribution < 1.29 is 9.13 Å². The van der Waals surface area contributed by atoms with E-state index in [-0.39, 0.29) is 0 Å². The minimum absolute atomic E-state index is 0.484. The van der Waals surface area contributed by atoms with Crippen molar-refractivity contribution in [1.29, 1.82) is 0 Å². The summed E-state index contributed by atoms with van der Waals surface area (Å²) < 4.78 is 17.2. The van der Waals surface area contributed by atoms with Gasteiger partial charge in [0.1, 0.15) is 5.75 Å². The van der Waals surface area contributed by atoms with Crippen molar-refractivity contribution in [2.24, 2.45) is 5.92 Å². The minimum atomic E-state index is -1.66. The molecule has 0 saturated heterocycles. The van der Waals surface area contributed by atoms with Crippen molar-refractivity contribution in [3.8, 4) is 5.75 Å². The van der Waals surface area contributed by atoms with Crippen molar-refractivity contribution >= 4 is 31.9 Å². The zero-order chi connectivity index (χ0) is 11.5. The van der Waals surface area contributed by atoms with Gasteiger partial charge in [-0.3, -0.25) is 0 Å². The zero-order valence-corrected chi connectivity index (χ0v) is 11.8. The first-order valence-electron chi connectivity index (χ1n) is 4.69. The van der Waals surface area contributed by atoms with Crippen LogP contribution in [0.1, 0.15) is 19.4 Å². The van der Waals surface area contributed by atoms with E-state index in [1.165, 1.54) is 0 Å². The second-order valence-electron chi connectivity index (χ2n) is 3.73. The Morgan fingerprint density at radius 2 is 1.80 bits per heavy atom. The molecule has 0 N–H and O–H groups in total. The standard InChI is InChI=1S/C11H13Br2FO/c1-8(2)7-15-10-5-3-9(4-6-10)11(12,13)14/h3-6,8H,7H2,1-2H3. The number of hydrogen-bond donors (Lipinski definition) is 0. The van der Waals surface area contributed by atoms with Crippen LogP contribution >= 0.6 is 31.9 Å². The molecule has 0 fully saturated rings. The maximum absolute atomic E-state index is 13.4. The summed E-state index contributed by atoms with van der Waals surface area (Å²) in [6.45, 7) is 4.83. The van der Waals surface area contributed by atoms with Gasteiger partial charge in [0.25, 0.3) is 0 Å². The molecule has 0 saturated carbocycles. The van der Waals surface area contributed by atoms with Gasteiger partial charge in [0, 0.05) is 5.56 Å². The van der Waals surface area contributed by atoms with E-state index in [1.54, 1.807) is 24.3 Å². The second kappa shape index (κ2) is 5.30. The van der Waals surface area contributed by atoms with Gasteiger partial charge in [-0.1, -0.05) is 26.0 Å². The molecular weight excluding hydrogens is 327 g/mol. The lowest BCUT2D eigenvalue weighted by molar-refractivity contribution is 0.271. The Hall–Kier alpha value is -0.0900. The molecule has 0 amide bonds. The molecule has 0 atom stereocenters. The first-order chi connectivity index (χ1) is 6.89. The molecular formula is C11H13Br2FO. The Kier molecular flexibility index (Phi) is 4.59. The average Bonchev–Trinajstić information content (AvgIpc) is 2.14. The number of ether oxygens (including phenoxy) is 1. The fourth-order valence-electron chi connectivity index (χ4n) is 1.00. The third-order valence-corrected chi connectivity index (χ3v) is 2.68. The van der Waals surface area contributed by atoms with E-state index < -0.39 is 3.49 Å². The Morgan fingerprint density at radius 1 is 1.27 bits per heavy atom. The summed E-state index contributed by atoms with van der Waals surface area (Å²) in [5.41, 5.74) is 0.513. The van der Waals surface area contributed by atoms with Crippen LogP contribution in [0.15, 0.2) is 24.3 Å². The quantitative estimate of drug-likeness (QED) is 0.729. The molecule has 1 nitrogen and oxygen atoms in total. The summed E-state index contributed by atoms with van der Waals surface area (Å²) in [6, 6.07) is 6.88. The van der Waals surface area contributed by atoms with Crippen molar-refractivity contribution in [1.82, 2.24) is 0 Å². The SMILES string of the molecule is CC(C)COc1ccc(C(F)(Br)Br)cc1. The highest BCUT2D eigenvalue weighted by Crippen LogP contribution is 2.39. The van der Waals surface area contributed by atoms with Crippen molar-refractivity contribution in [2.75, 3.05) is 6.61 Å². The third-order valence-electron chi connectivity index (χ3n) is 1.76. The maximum Gasteiger partial charge on any atom is 0.244 e. The van der Waals surface area contributed by atoms with Gasteiger partial charge in [-0.2, -0.15) is 0 Å². The second-order valence-corrected chi connectivity index (χ2v) is 6.98. The predicted molar refractivity (Wildman–Crippen MR) is 67.4 cm³/mol. The molecule has 0 aliphatic heterocycles. The van der Waals surface area contributed by atoms with Gasteiger partial charge in [0.05, 0.1) is 6.61 Å². The highest BCUT2D eigenvalue weighted by atomic mass is 79.9. The molecule has 0 radical (unpaired) electrons. The number of hydrogen-bond acceptors (Lipinski definition) is 1. The summed E-state index contributed by atoms with van der Waals surface area (Å²) >= 11 is 5.77. The molecule has 15 heavy (non-hydrogen) atoms. The lowest BCUT2D eigenvalue weighted by atomic mass is 10.2. The average molecular weight is 340 g/mol. The molecule has 0 spiro atoms. The first-order valence-corrected chi connectivity index (χ1v) is 6.28. The van der Waals surface area contributed by atoms with Crippen molar-refractivity contribution in [3.63, 3.8) is 0 Å². The molecule has 0 aromatic heterocycles. The highest BCUT2D eigenvalue weighted by molar-refractivity contribution is 9.24. The van der Waals surface area contributed by atoms with Gasteiger partial charge in [-0.25, -0.2) is 4.39 Å². The third kappa shape index (κ3) is 4.51. The molecule has 0 bridgehead atoms. The Balaban J connectivity index is 2.65. The van der Waals surface area contributed by atoms with Crippen LogP contribution in [0.5, 0.6) is 5.75 Å². The normalized spacial score (nSPS) is 11.9. The van der Waals surface area contributed by atoms with Gasteiger partial charge in [0.2, 0.25) is 3.49 Å². The summed E-state index contributed by atoms with van der Waals surface area (Å²) in [7, 11) is 0. The number of alkyl halides is 3. The van der Waals surface area contributed by atoms with E-state index in [2.05, 4.69) is 45.7 Å². The lowest BCUT2D eigenvalue weighted by Gasteiger charge is -2.12. The Bertz CT molecular complexity index is 303. The van der Waals surface area contributed by atoms with E-state index in [0.717, 1.165) is 5.75 Å². The van der Waals surface area contributed by atoms with E-state index in [9.17, 15) is 4.39 Å². The molecule has 0 aliphatic rings. The van der Waals surface area contributed by atoms with Gasteiger partial charge in [0.15, 0.2) is 0 Å². The number of halogens is 3. The number of benzene rings is 1. The Morgan fingerprint density at radius 3 is 2.20 bits per heavy atom. The number of rotatable bonds is 4. The van der Waals surface area contributed by atoms with Crippen LogP contribution in [0.4, 0.5) is 4.39 Å². The molecule has 1 aromatic rings. The predicted octanol–water partition coefficient (Wildman–Crippen LogP) is 4.59. The van der Waals surface area contributed by atoms with Crippen LogP contribution < -0.4 is 4.74 Å². The minimum Gasteiger partial charge on any atom is -0.493 e. The van der Waals surface area contributed by atoms with E-state index >= 15 is 0 Å². The monoisotopic (exact) mass is 338 g/mol. The van der Waals surface area contributed by atoms with Crippen LogP contribution in [-0.4, -0.2) is 6.61 Å². The Labute approximate surface area is 106 Å². The molecule has 0 aliphatic carbocycles. The molecule has 0 heterocycles. The van der Waals surface area contributed by atoms with Gasteiger partial charge >= 0.3 is 0 Å². The topological polar surface area (TPSA) is 9.23 Å². The van der Waals surface area contributed by atoms with E-state index in [0.29, 0.717) is 18.1 Å². The lowest BCUT2D eigenvalue weighted by Crippen LogP contribution is -2.05. The molecule has 1 aromatic carbocycles. The smallest absolute Gasteiger partial charge is 0.244 e. The first kappa shape index (κ1) is 13.0. The molecule has 0 unspecified atom stereocenters. The van der Waals surface area contributed by atoms with Gasteiger partial charge in [-0.05, 0) is 49.9 Å². The van der Waals surface area contributed by atoms with Crippen LogP contribution in [0.25, 0.3) is 0 Å². The van der Waals surface area contributed by atoms with Crippen LogP contribution in [0.2, 0.25) is 0 Å². The zero-order valence-electron chi connectivity index (χ0n) is 8.64. The summed E-state index contributed by atoms with van der Waals surface area (Å²) in [5.74, 6) is 1.24. The van der Waals surface area contributed by atoms with Crippen molar-refractivity contribution in [2.45, 2.75) is 17.3 Å². The molecule has 84 valence electrons. The van der Waals surface area contributed by atoms with Gasteiger partial charge < -0.3 is 4.74 Å². The maximum atomic E-state index is 13.4. The molecule has 4 heteroatoms.